The third kappa shape index (κ3) is 9.62. The van der Waals surface area contributed by atoms with Gasteiger partial charge in [-0.1, -0.05) is 72.8 Å². The van der Waals surface area contributed by atoms with E-state index in [0.29, 0.717) is 37.9 Å². The van der Waals surface area contributed by atoms with Crippen molar-refractivity contribution >= 4 is 10.0 Å². The number of aryl methyl sites for hydroxylation is 2. The van der Waals surface area contributed by atoms with Crippen LogP contribution in [0, 0.1) is 0 Å². The van der Waals surface area contributed by atoms with Crippen molar-refractivity contribution < 1.29 is 18.6 Å². The highest BCUT2D eigenvalue weighted by molar-refractivity contribution is 7.89. The lowest BCUT2D eigenvalue weighted by molar-refractivity contribution is 0.170. The molecule has 0 aliphatic carbocycles. The fourth-order valence-corrected chi connectivity index (χ4v) is 5.25. The van der Waals surface area contributed by atoms with Crippen LogP contribution in [-0.2, 0) is 22.9 Å². The van der Waals surface area contributed by atoms with Crippen LogP contribution in [0.15, 0.2) is 83.8 Å². The first kappa shape index (κ1) is 30.0. The lowest BCUT2D eigenvalue weighted by atomic mass is 10.0. The molecular weight excluding hydrogens is 498 g/mol. The van der Waals surface area contributed by atoms with E-state index in [1.807, 2.05) is 79.7 Å². The number of nitrogens with two attached hydrogens (primary N) is 1. The average molecular weight is 540 g/mol. The van der Waals surface area contributed by atoms with E-state index in [2.05, 4.69) is 17.6 Å². The van der Waals surface area contributed by atoms with Crippen LogP contribution in [0.25, 0.3) is 0 Å². The van der Waals surface area contributed by atoms with Gasteiger partial charge in [0, 0.05) is 25.2 Å². The van der Waals surface area contributed by atoms with E-state index in [0.717, 1.165) is 23.1 Å². The molecule has 0 amide bonds. The van der Waals surface area contributed by atoms with Gasteiger partial charge in [-0.25, -0.2) is 13.6 Å². The van der Waals surface area contributed by atoms with Crippen molar-refractivity contribution in [3.63, 3.8) is 0 Å². The Morgan fingerprint density at radius 2 is 1.21 bits per heavy atom. The van der Waals surface area contributed by atoms with E-state index in [1.54, 1.807) is 6.07 Å². The molecule has 0 aliphatic heterocycles. The van der Waals surface area contributed by atoms with E-state index in [9.17, 15) is 18.6 Å². The minimum Gasteiger partial charge on any atom is -0.387 e. The summed E-state index contributed by atoms with van der Waals surface area (Å²) in [5, 5.41) is 33.0. The lowest BCUT2D eigenvalue weighted by Gasteiger charge is -2.19. The summed E-state index contributed by atoms with van der Waals surface area (Å²) in [6, 6.07) is 24.8. The summed E-state index contributed by atoms with van der Waals surface area (Å²) >= 11 is 0. The second kappa shape index (κ2) is 14.5. The molecule has 0 aromatic heterocycles. The third-order valence-electron chi connectivity index (χ3n) is 6.84. The molecule has 3 aromatic carbocycles. The van der Waals surface area contributed by atoms with Crippen molar-refractivity contribution in [2.45, 2.75) is 68.7 Å². The zero-order valence-corrected chi connectivity index (χ0v) is 23.1. The summed E-state index contributed by atoms with van der Waals surface area (Å²) in [5.41, 5.74) is 3.34. The first-order valence-corrected chi connectivity index (χ1v) is 14.8. The third-order valence-corrected chi connectivity index (χ3v) is 7.83. The van der Waals surface area contributed by atoms with E-state index in [-0.39, 0.29) is 17.0 Å². The Kier molecular flexibility index (Phi) is 11.5. The lowest BCUT2D eigenvalue weighted by Crippen LogP contribution is -2.31. The molecule has 7 nitrogen and oxygen atoms in total. The molecule has 38 heavy (non-hydrogen) atoms. The van der Waals surface area contributed by atoms with Crippen LogP contribution >= 0.6 is 0 Å². The summed E-state index contributed by atoms with van der Waals surface area (Å²) in [7, 11) is -3.87. The van der Waals surface area contributed by atoms with Crippen LogP contribution in [0.2, 0.25) is 0 Å². The predicted octanol–water partition coefficient (Wildman–Crippen LogP) is 3.62. The zero-order chi connectivity index (χ0) is 27.5. The summed E-state index contributed by atoms with van der Waals surface area (Å²) in [5.74, 6) is 0. The van der Waals surface area contributed by atoms with Crippen LogP contribution in [0.5, 0.6) is 0 Å². The van der Waals surface area contributed by atoms with E-state index < -0.39 is 22.2 Å². The topological polar surface area (TPSA) is 125 Å². The van der Waals surface area contributed by atoms with E-state index >= 15 is 0 Å². The van der Waals surface area contributed by atoms with Gasteiger partial charge in [-0.2, -0.15) is 0 Å². The van der Waals surface area contributed by atoms with Crippen molar-refractivity contribution in [1.29, 1.82) is 0 Å². The number of nitrogens with one attached hydrogen (secondary N) is 2. The highest BCUT2D eigenvalue weighted by atomic mass is 32.2. The maximum atomic E-state index is 12.4. The molecule has 3 aromatic rings. The SMILES string of the molecule is CC(CCc1ccc(CCC(C)NC[C@@H](O)c2ccccc2)c(S(N)(=O)=O)c1)NC[C@@H](O)c1ccccc1. The van der Waals surface area contributed by atoms with Crippen LogP contribution in [-0.4, -0.2) is 43.8 Å². The van der Waals surface area contributed by atoms with Crippen molar-refractivity contribution in [3.05, 3.63) is 101 Å². The molecule has 8 heteroatoms. The van der Waals surface area contributed by atoms with Crippen LogP contribution < -0.4 is 15.8 Å². The number of hydrogen-bond donors (Lipinski definition) is 5. The normalized spacial score (nSPS) is 15.1. The first-order chi connectivity index (χ1) is 18.1. The van der Waals surface area contributed by atoms with Crippen LogP contribution in [0.1, 0.15) is 61.2 Å². The molecule has 0 heterocycles. The standard InChI is InChI=1S/C30H41N3O4S/c1-22(32-20-28(34)25-9-5-3-6-10-25)13-15-24-16-18-27(30(19-24)38(31,36)37)17-14-23(2)33-21-29(35)26-11-7-4-8-12-26/h3-12,16,18-19,22-23,28-29,32-35H,13-15,17,20-21H2,1-2H3,(H2,31,36,37)/t22?,23?,28-,29-/m1/s1. The Morgan fingerprint density at radius 3 is 1.68 bits per heavy atom. The van der Waals surface area contributed by atoms with Gasteiger partial charge in [-0.15, -0.1) is 0 Å². The maximum Gasteiger partial charge on any atom is 0.238 e. The predicted molar refractivity (Wildman–Crippen MR) is 152 cm³/mol. The number of sulfonamides is 1. The van der Waals surface area contributed by atoms with Gasteiger partial charge in [0.05, 0.1) is 17.1 Å². The minimum absolute atomic E-state index is 0.0829. The molecule has 3 rings (SSSR count). The number of hydrogen-bond acceptors (Lipinski definition) is 6. The largest absolute Gasteiger partial charge is 0.387 e. The fourth-order valence-electron chi connectivity index (χ4n) is 4.40. The van der Waals surface area contributed by atoms with Gasteiger partial charge in [0.1, 0.15) is 0 Å². The van der Waals surface area contributed by atoms with Crippen molar-refractivity contribution in [2.24, 2.45) is 5.14 Å². The van der Waals surface area contributed by atoms with Crippen LogP contribution in [0.3, 0.4) is 0 Å². The summed E-state index contributed by atoms with van der Waals surface area (Å²) in [6.45, 7) is 4.93. The number of benzene rings is 3. The van der Waals surface area contributed by atoms with E-state index in [4.69, 9.17) is 5.14 Å². The molecule has 206 valence electrons. The van der Waals surface area contributed by atoms with Crippen LogP contribution in [0.4, 0.5) is 0 Å². The number of aliphatic hydroxyl groups excluding tert-OH is 2. The van der Waals surface area contributed by atoms with Crippen molar-refractivity contribution in [1.82, 2.24) is 10.6 Å². The summed E-state index contributed by atoms with van der Waals surface area (Å²) in [4.78, 5) is 0.173. The molecule has 4 atom stereocenters. The van der Waals surface area contributed by atoms with Gasteiger partial charge >= 0.3 is 0 Å². The smallest absolute Gasteiger partial charge is 0.238 e. The number of primary sulfonamides is 1. The van der Waals surface area contributed by atoms with Gasteiger partial charge < -0.3 is 20.8 Å². The zero-order valence-electron chi connectivity index (χ0n) is 22.3. The fraction of sp³-hybridized carbons (Fsp3) is 0.400. The quantitative estimate of drug-likeness (QED) is 0.201. The molecule has 0 saturated carbocycles. The second-order valence-corrected chi connectivity index (χ2v) is 11.6. The molecule has 2 unspecified atom stereocenters. The molecule has 0 aliphatic rings. The number of rotatable bonds is 15. The van der Waals surface area contributed by atoms with Crippen molar-refractivity contribution in [2.75, 3.05) is 13.1 Å². The monoisotopic (exact) mass is 539 g/mol. The Labute approximate surface area is 227 Å². The second-order valence-electron chi connectivity index (χ2n) is 10.0. The first-order valence-electron chi connectivity index (χ1n) is 13.2. The minimum atomic E-state index is -3.87. The molecule has 6 N–H and O–H groups in total. The Bertz CT molecular complexity index is 1220. The number of aliphatic hydroxyl groups is 2. The molecule has 0 bridgehead atoms. The van der Waals surface area contributed by atoms with Gasteiger partial charge in [0.15, 0.2) is 0 Å². The molecule has 0 radical (unpaired) electrons. The maximum absolute atomic E-state index is 12.4. The Hall–Kier alpha value is -2.59. The Balaban J connectivity index is 1.50. The Morgan fingerprint density at radius 1 is 0.737 bits per heavy atom. The van der Waals surface area contributed by atoms with Gasteiger partial charge in [0.25, 0.3) is 0 Å². The van der Waals surface area contributed by atoms with Crippen molar-refractivity contribution in [3.8, 4) is 0 Å². The average Bonchev–Trinajstić information content (AvgIpc) is 2.92. The van der Waals surface area contributed by atoms with Gasteiger partial charge in [0.2, 0.25) is 10.0 Å². The summed E-state index contributed by atoms with van der Waals surface area (Å²) < 4.78 is 24.7. The molecule has 0 spiro atoms. The molecule has 0 saturated heterocycles. The summed E-state index contributed by atoms with van der Waals surface area (Å²) in [6.07, 6.45) is 1.55. The van der Waals surface area contributed by atoms with Gasteiger partial charge in [-0.3, -0.25) is 0 Å². The van der Waals surface area contributed by atoms with Gasteiger partial charge in [-0.05, 0) is 67.9 Å². The highest BCUT2D eigenvalue weighted by Gasteiger charge is 2.17. The van der Waals surface area contributed by atoms with E-state index in [1.165, 1.54) is 0 Å². The molecule has 0 fully saturated rings. The highest BCUT2D eigenvalue weighted by Crippen LogP contribution is 2.21. The molecular formula is C30H41N3O4S.